The molecule has 1 amide bonds. The summed E-state index contributed by atoms with van der Waals surface area (Å²) in [5, 5.41) is -0.390. The van der Waals surface area contributed by atoms with Gasteiger partial charge in [0.2, 0.25) is 5.91 Å². The van der Waals surface area contributed by atoms with Crippen LogP contribution in [0, 0.1) is 0 Å². The number of amides is 1. The van der Waals surface area contributed by atoms with Crippen molar-refractivity contribution in [1.29, 1.82) is 0 Å². The number of sulfone groups is 1. The number of rotatable bonds is 5. The minimum atomic E-state index is -3.32. The van der Waals surface area contributed by atoms with E-state index in [2.05, 4.69) is 0 Å². The molecule has 1 aromatic carbocycles. The number of fused-ring (bicyclic) bond motifs is 2. The molecule has 126 valence electrons. The minimum absolute atomic E-state index is 0.00471. The number of ether oxygens (including phenoxy) is 1. The second kappa shape index (κ2) is 6.61. The van der Waals surface area contributed by atoms with Gasteiger partial charge in [0.1, 0.15) is 6.61 Å². The van der Waals surface area contributed by atoms with Crippen molar-refractivity contribution in [3.63, 3.8) is 0 Å². The maximum absolute atomic E-state index is 12.8. The van der Waals surface area contributed by atoms with Gasteiger partial charge < -0.3 is 9.64 Å². The number of nitrogens with zero attached hydrogens (tertiary/aromatic N) is 1. The second-order valence-electron chi connectivity index (χ2n) is 6.27. The molecule has 2 aliphatic rings. The molecule has 23 heavy (non-hydrogen) atoms. The zero-order valence-electron chi connectivity index (χ0n) is 13.3. The van der Waals surface area contributed by atoms with Crippen LogP contribution in [-0.4, -0.2) is 49.8 Å². The second-order valence-corrected chi connectivity index (χ2v) is 8.50. The topological polar surface area (TPSA) is 63.7 Å². The van der Waals surface area contributed by atoms with Gasteiger partial charge >= 0.3 is 0 Å². The zero-order chi connectivity index (χ0) is 16.4. The maximum atomic E-state index is 12.8. The molecule has 5 nitrogen and oxygen atoms in total. The quantitative estimate of drug-likeness (QED) is 0.824. The van der Waals surface area contributed by atoms with E-state index in [9.17, 15) is 13.2 Å². The van der Waals surface area contributed by atoms with Gasteiger partial charge in [-0.25, -0.2) is 8.42 Å². The van der Waals surface area contributed by atoms with Gasteiger partial charge in [0.15, 0.2) is 9.84 Å². The van der Waals surface area contributed by atoms with Crippen molar-refractivity contribution in [3.05, 3.63) is 30.3 Å². The first kappa shape index (κ1) is 16.5. The van der Waals surface area contributed by atoms with Gasteiger partial charge in [-0.05, 0) is 44.7 Å². The van der Waals surface area contributed by atoms with Crippen LogP contribution in [0.15, 0.2) is 35.2 Å². The smallest absolute Gasteiger partial charge is 0.249 e. The molecular weight excluding hydrogens is 314 g/mol. The lowest BCUT2D eigenvalue weighted by molar-refractivity contribution is -0.140. The highest BCUT2D eigenvalue weighted by atomic mass is 32.2. The van der Waals surface area contributed by atoms with Crippen molar-refractivity contribution < 1.29 is 17.9 Å². The van der Waals surface area contributed by atoms with Crippen molar-refractivity contribution >= 4 is 15.7 Å². The van der Waals surface area contributed by atoms with Crippen molar-refractivity contribution in [2.45, 2.75) is 54.8 Å². The normalized spacial score (nSPS) is 27.2. The summed E-state index contributed by atoms with van der Waals surface area (Å²) in [6, 6.07) is 8.70. The largest absolute Gasteiger partial charge is 0.372 e. The molecule has 2 saturated heterocycles. The van der Waals surface area contributed by atoms with E-state index in [0.29, 0.717) is 24.3 Å². The molecule has 0 N–H and O–H groups in total. The first-order chi connectivity index (χ1) is 11.0. The number of carbonyl (C=O) groups is 1. The Labute approximate surface area is 137 Å². The summed E-state index contributed by atoms with van der Waals surface area (Å²) < 4.78 is 30.9. The maximum Gasteiger partial charge on any atom is 0.249 e. The highest BCUT2D eigenvalue weighted by Crippen LogP contribution is 2.39. The summed E-state index contributed by atoms with van der Waals surface area (Å²) in [6.45, 7) is 2.47. The van der Waals surface area contributed by atoms with E-state index in [1.54, 1.807) is 24.3 Å². The fraction of sp³-hybridized carbons (Fsp3) is 0.588. The molecule has 0 aromatic heterocycles. The number of benzene rings is 1. The van der Waals surface area contributed by atoms with Gasteiger partial charge in [0, 0.05) is 18.7 Å². The van der Waals surface area contributed by atoms with E-state index >= 15 is 0 Å². The average Bonchev–Trinajstić information content (AvgIpc) is 2.83. The Bertz CT molecular complexity index is 644. The van der Waals surface area contributed by atoms with Crippen LogP contribution in [0.1, 0.15) is 32.6 Å². The minimum Gasteiger partial charge on any atom is -0.372 e. The van der Waals surface area contributed by atoms with Crippen LogP contribution in [0.4, 0.5) is 0 Å². The molecule has 0 radical (unpaired) electrons. The van der Waals surface area contributed by atoms with E-state index in [1.807, 2.05) is 17.9 Å². The molecule has 0 aliphatic carbocycles. The molecule has 2 bridgehead atoms. The van der Waals surface area contributed by atoms with Crippen LogP contribution in [0.2, 0.25) is 0 Å². The van der Waals surface area contributed by atoms with Gasteiger partial charge in [-0.2, -0.15) is 0 Å². The monoisotopic (exact) mass is 337 g/mol. The van der Waals surface area contributed by atoms with Crippen molar-refractivity contribution in [1.82, 2.24) is 4.90 Å². The summed E-state index contributed by atoms with van der Waals surface area (Å²) in [4.78, 5) is 14.6. The predicted molar refractivity (Wildman–Crippen MR) is 86.8 cm³/mol. The van der Waals surface area contributed by atoms with Crippen LogP contribution in [-0.2, 0) is 19.4 Å². The number of hydrogen-bond donors (Lipinski definition) is 0. The molecule has 2 atom stereocenters. The van der Waals surface area contributed by atoms with Crippen molar-refractivity contribution in [2.75, 3.05) is 13.2 Å². The Kier molecular flexibility index (Phi) is 4.73. The third-order valence-corrected chi connectivity index (χ3v) is 7.11. The fourth-order valence-corrected chi connectivity index (χ4v) is 5.73. The SMILES string of the molecule is CCOCC(=O)N1C2CCC1CC(S(=O)(=O)c1ccccc1)C2. The lowest BCUT2D eigenvalue weighted by Crippen LogP contribution is -2.50. The van der Waals surface area contributed by atoms with Gasteiger partial charge in [-0.15, -0.1) is 0 Å². The molecule has 2 fully saturated rings. The third kappa shape index (κ3) is 3.15. The number of carbonyl (C=O) groups excluding carboxylic acids is 1. The standard InChI is InChI=1S/C17H23NO4S/c1-2-22-12-17(19)18-13-8-9-14(18)11-16(10-13)23(20,21)15-6-4-3-5-7-15/h3-7,13-14,16H,2,8-12H2,1H3. The van der Waals surface area contributed by atoms with Gasteiger partial charge in [-0.3, -0.25) is 4.79 Å². The predicted octanol–water partition coefficient (Wildman–Crippen LogP) is 2.02. The molecule has 6 heteroatoms. The highest BCUT2D eigenvalue weighted by Gasteiger charge is 2.46. The first-order valence-electron chi connectivity index (χ1n) is 8.22. The average molecular weight is 337 g/mol. The molecule has 3 rings (SSSR count). The van der Waals surface area contributed by atoms with E-state index in [-0.39, 0.29) is 24.6 Å². The van der Waals surface area contributed by atoms with Crippen molar-refractivity contribution in [2.24, 2.45) is 0 Å². The van der Waals surface area contributed by atoms with E-state index < -0.39 is 15.1 Å². The van der Waals surface area contributed by atoms with Crippen LogP contribution in [0.25, 0.3) is 0 Å². The van der Waals surface area contributed by atoms with E-state index in [4.69, 9.17) is 4.74 Å². The van der Waals surface area contributed by atoms with Crippen LogP contribution >= 0.6 is 0 Å². The molecule has 2 aliphatic heterocycles. The molecule has 0 spiro atoms. The fourth-order valence-electron chi connectivity index (χ4n) is 3.85. The lowest BCUT2D eigenvalue weighted by Gasteiger charge is -2.38. The molecule has 2 unspecified atom stereocenters. The summed E-state index contributed by atoms with van der Waals surface area (Å²) in [6.07, 6.45) is 2.85. The van der Waals surface area contributed by atoms with Crippen LogP contribution in [0.3, 0.4) is 0 Å². The Morgan fingerprint density at radius 2 is 1.78 bits per heavy atom. The molecule has 0 saturated carbocycles. The van der Waals surface area contributed by atoms with Crippen LogP contribution < -0.4 is 0 Å². The zero-order valence-corrected chi connectivity index (χ0v) is 14.2. The lowest BCUT2D eigenvalue weighted by atomic mass is 10.0. The molecule has 1 aromatic rings. The summed E-state index contributed by atoms with van der Waals surface area (Å²) >= 11 is 0. The molecule has 2 heterocycles. The Balaban J connectivity index is 1.75. The van der Waals surface area contributed by atoms with Crippen LogP contribution in [0.5, 0.6) is 0 Å². The van der Waals surface area contributed by atoms with E-state index in [1.165, 1.54) is 0 Å². The Morgan fingerprint density at radius 3 is 2.35 bits per heavy atom. The summed E-state index contributed by atoms with van der Waals surface area (Å²) in [7, 11) is -3.32. The summed E-state index contributed by atoms with van der Waals surface area (Å²) in [5.41, 5.74) is 0. The Morgan fingerprint density at radius 1 is 1.17 bits per heavy atom. The van der Waals surface area contributed by atoms with Gasteiger partial charge in [0.25, 0.3) is 0 Å². The van der Waals surface area contributed by atoms with E-state index in [0.717, 1.165) is 12.8 Å². The van der Waals surface area contributed by atoms with Gasteiger partial charge in [0.05, 0.1) is 10.1 Å². The Hall–Kier alpha value is -1.40. The van der Waals surface area contributed by atoms with Gasteiger partial charge in [-0.1, -0.05) is 18.2 Å². The molecular formula is C17H23NO4S. The summed E-state index contributed by atoms with van der Waals surface area (Å²) in [5.74, 6) is -0.00471. The third-order valence-electron chi connectivity index (χ3n) is 4.92. The van der Waals surface area contributed by atoms with Crippen molar-refractivity contribution in [3.8, 4) is 0 Å². The number of hydrogen-bond acceptors (Lipinski definition) is 4. The highest BCUT2D eigenvalue weighted by molar-refractivity contribution is 7.92. The number of piperidine rings is 1. The first-order valence-corrected chi connectivity index (χ1v) is 9.76.